The standard InChI is InChI=1S/C23H38N7O17P3S.C7H15NO3/c1-12(31)51-7-6-25-14(32)4-5-26-21(35)18(34)23(2,3)9-44-50(41,42)47-49(39,40)43-8-13-17(46-48(36,37)38)16(33)22(45-13)30-11-29-15-19(24)27-10-28-20(15)30;1-8(2,3)5-6(9)4-7(10)11/h10-11,13,16-18,22,33-34H,4-9H2,1-3H3,(H,25,32)(H,26,35)(H,39,40)(H,41,42)(H2,24,27,28)(H2,36,37,38);6,9H,4-5H2,1-3H3/p+1/t13-,16-,17-,18?,22-;6-/m11/s1. The highest BCUT2D eigenvalue weighted by atomic mass is 32.2. The van der Waals surface area contributed by atoms with Crippen LogP contribution in [0.15, 0.2) is 12.7 Å². The van der Waals surface area contributed by atoms with Crippen molar-refractivity contribution < 1.29 is 100.0 Å². The Hall–Kier alpha value is -3.05. The number of nitrogens with two attached hydrogens (primary N) is 1. The molecule has 3 unspecified atom stereocenters. The van der Waals surface area contributed by atoms with Gasteiger partial charge in [-0.2, -0.15) is 4.31 Å². The van der Waals surface area contributed by atoms with E-state index in [2.05, 4.69) is 34.4 Å². The molecule has 0 aromatic carbocycles. The third-order valence-electron chi connectivity index (χ3n) is 7.98. The molecular weight excluding hydrogens is 917 g/mol. The first-order valence-electron chi connectivity index (χ1n) is 18.1. The zero-order valence-electron chi connectivity index (χ0n) is 34.3. The molecule has 32 heteroatoms. The van der Waals surface area contributed by atoms with Crippen LogP contribution in [0.1, 0.15) is 39.8 Å². The molecule has 2 aromatic heterocycles. The van der Waals surface area contributed by atoms with Crippen LogP contribution >= 0.6 is 35.2 Å². The molecule has 1 fully saturated rings. The molecule has 1 aliphatic heterocycles. The van der Waals surface area contributed by atoms with E-state index in [0.717, 1.165) is 29.0 Å². The number of phosphoric ester groups is 3. The first-order valence-corrected chi connectivity index (χ1v) is 23.6. The normalized spacial score (nSPS) is 21.2. The highest BCUT2D eigenvalue weighted by Gasteiger charge is 2.50. The maximum atomic E-state index is 12.6. The van der Waals surface area contributed by atoms with Gasteiger partial charge in [-0.25, -0.2) is 28.6 Å². The number of hydrogen-bond acceptors (Lipinski definition) is 20. The minimum atomic E-state index is -5.56. The Labute approximate surface area is 358 Å². The van der Waals surface area contributed by atoms with Crippen molar-refractivity contribution in [1.29, 1.82) is 0 Å². The summed E-state index contributed by atoms with van der Waals surface area (Å²) in [6.07, 6.45) is -7.79. The molecule has 2 aromatic rings. The van der Waals surface area contributed by atoms with Gasteiger partial charge in [0, 0.05) is 37.6 Å². The summed E-state index contributed by atoms with van der Waals surface area (Å²) in [5.41, 5.74) is 4.26. The van der Waals surface area contributed by atoms with E-state index in [0.29, 0.717) is 16.8 Å². The predicted molar refractivity (Wildman–Crippen MR) is 214 cm³/mol. The Balaban J connectivity index is 0.00000105. The second-order valence-corrected chi connectivity index (χ2v) is 20.6. The van der Waals surface area contributed by atoms with E-state index in [9.17, 15) is 62.7 Å². The summed E-state index contributed by atoms with van der Waals surface area (Å²) in [6.45, 7) is 2.37. The Morgan fingerprint density at radius 2 is 1.65 bits per heavy atom. The number of nitrogens with one attached hydrogen (secondary N) is 2. The molecule has 1 aliphatic rings. The number of hydrogen-bond donors (Lipinski definition) is 11. The van der Waals surface area contributed by atoms with E-state index in [-0.39, 0.29) is 48.0 Å². The zero-order chi connectivity index (χ0) is 47.4. The summed E-state index contributed by atoms with van der Waals surface area (Å²) < 4.78 is 62.4. The maximum Gasteiger partial charge on any atom is 0.481 e. The Kier molecular flexibility index (Phi) is 20.6. The van der Waals surface area contributed by atoms with Crippen LogP contribution < -0.4 is 16.4 Å². The molecule has 2 amide bonds. The van der Waals surface area contributed by atoms with E-state index in [1.54, 1.807) is 0 Å². The number of anilines is 1. The van der Waals surface area contributed by atoms with Crippen LogP contribution in [-0.4, -0.2) is 177 Å². The highest BCUT2D eigenvalue weighted by molar-refractivity contribution is 8.13. The van der Waals surface area contributed by atoms with Gasteiger partial charge in [0.2, 0.25) is 11.8 Å². The molecule has 8 atom stereocenters. The van der Waals surface area contributed by atoms with Crippen molar-refractivity contribution in [1.82, 2.24) is 30.2 Å². The van der Waals surface area contributed by atoms with Gasteiger partial charge in [0.25, 0.3) is 0 Å². The van der Waals surface area contributed by atoms with Crippen molar-refractivity contribution in [2.45, 2.75) is 70.4 Å². The molecule has 3 rings (SSSR count). The second-order valence-electron chi connectivity index (χ2n) is 15.1. The predicted octanol–water partition coefficient (Wildman–Crippen LogP) is -1.79. The molecule has 3 heterocycles. The minimum Gasteiger partial charge on any atom is -0.481 e. The van der Waals surface area contributed by atoms with Crippen LogP contribution in [0.2, 0.25) is 0 Å². The summed E-state index contributed by atoms with van der Waals surface area (Å²) >= 11 is 1.03. The molecule has 0 radical (unpaired) electrons. The number of likely N-dealkylation sites (N-methyl/N-ethyl adjacent to an activating group) is 1. The van der Waals surface area contributed by atoms with Crippen molar-refractivity contribution in [2.75, 3.05) is 65.5 Å². The minimum absolute atomic E-state index is 0.0310. The van der Waals surface area contributed by atoms with Crippen LogP contribution in [0.4, 0.5) is 5.82 Å². The van der Waals surface area contributed by atoms with Crippen molar-refractivity contribution >= 4 is 75.1 Å². The number of carboxylic acids is 1. The van der Waals surface area contributed by atoms with E-state index < -0.39 is 96.6 Å². The summed E-state index contributed by atoms with van der Waals surface area (Å²) in [7, 11) is -10.6. The monoisotopic (exact) mass is 971 g/mol. The van der Waals surface area contributed by atoms with Crippen LogP contribution in [0.5, 0.6) is 0 Å². The van der Waals surface area contributed by atoms with Gasteiger partial charge in [-0.3, -0.25) is 37.3 Å². The summed E-state index contributed by atoms with van der Waals surface area (Å²) in [4.78, 5) is 96.1. The van der Waals surface area contributed by atoms with Gasteiger partial charge in [-0.1, -0.05) is 25.6 Å². The van der Waals surface area contributed by atoms with E-state index >= 15 is 0 Å². The van der Waals surface area contributed by atoms with Gasteiger partial charge in [0.05, 0.1) is 47.1 Å². The van der Waals surface area contributed by atoms with Gasteiger partial charge >= 0.3 is 29.4 Å². The molecule has 0 spiro atoms. The number of carbonyl (C=O) groups is 4. The van der Waals surface area contributed by atoms with E-state index in [4.69, 9.17) is 29.7 Å². The lowest BCUT2D eigenvalue weighted by Gasteiger charge is -2.30. The van der Waals surface area contributed by atoms with Crippen molar-refractivity contribution in [3.8, 4) is 0 Å². The number of imidazole rings is 1. The number of quaternary nitrogens is 1. The quantitative estimate of drug-likeness (QED) is 0.0333. The third-order valence-corrected chi connectivity index (χ3v) is 11.9. The van der Waals surface area contributed by atoms with Crippen molar-refractivity contribution in [3.63, 3.8) is 0 Å². The Morgan fingerprint density at radius 1 is 1.02 bits per heavy atom. The lowest BCUT2D eigenvalue weighted by Crippen LogP contribution is -2.46. The topological polar surface area (TPSA) is 421 Å². The molecule has 354 valence electrons. The number of amides is 2. The fraction of sp³-hybridized carbons (Fsp3) is 0.700. The molecule has 0 saturated carbocycles. The van der Waals surface area contributed by atoms with Gasteiger partial charge in [0.15, 0.2) is 22.8 Å². The largest absolute Gasteiger partial charge is 0.481 e. The summed E-state index contributed by atoms with van der Waals surface area (Å²) in [6, 6.07) is 0. The van der Waals surface area contributed by atoms with Crippen LogP contribution in [-0.2, 0) is 55.5 Å². The van der Waals surface area contributed by atoms with Gasteiger partial charge < -0.3 is 65.6 Å². The SMILES string of the molecule is CC(=O)SCCNC(=O)CCNC(=O)C(O)C(C)(C)COP(=O)(O)OP(=O)(O)OC[C@H]1O[C@@H](n2cnc3c(N)ncnc32)[C@H](O)[C@@H]1OP(=O)(O)O.C[N+](C)(C)C[C@H](O)CC(=O)O. The maximum absolute atomic E-state index is 12.6. The number of rotatable bonds is 23. The first-order chi connectivity index (χ1) is 28.3. The molecular formula is C30H54N8O20P3S+. The highest BCUT2D eigenvalue weighted by Crippen LogP contribution is 2.61. The average Bonchev–Trinajstić information content (AvgIpc) is 3.67. The van der Waals surface area contributed by atoms with Crippen molar-refractivity contribution in [2.24, 2.45) is 5.41 Å². The zero-order valence-corrected chi connectivity index (χ0v) is 37.8. The summed E-state index contributed by atoms with van der Waals surface area (Å²) in [5.74, 6) is -2.04. The number of aliphatic carboxylic acids is 1. The number of aliphatic hydroxyl groups excluding tert-OH is 3. The molecule has 28 nitrogen and oxygen atoms in total. The van der Waals surface area contributed by atoms with Gasteiger partial charge in [0.1, 0.15) is 48.9 Å². The Bertz CT molecular complexity index is 2000. The number of carboxylic acid groups (broad SMARTS) is 1. The van der Waals surface area contributed by atoms with Crippen molar-refractivity contribution in [3.05, 3.63) is 12.7 Å². The number of nitrogens with zero attached hydrogens (tertiary/aromatic N) is 5. The van der Waals surface area contributed by atoms with Crippen LogP contribution in [0.3, 0.4) is 0 Å². The first kappa shape index (κ1) is 55.1. The van der Waals surface area contributed by atoms with Crippen LogP contribution in [0, 0.1) is 5.41 Å². The summed E-state index contributed by atoms with van der Waals surface area (Å²) in [5, 5.41) is 43.5. The van der Waals surface area contributed by atoms with Crippen LogP contribution in [0.25, 0.3) is 11.2 Å². The van der Waals surface area contributed by atoms with E-state index in [1.807, 2.05) is 21.1 Å². The number of ether oxygens (including phenoxy) is 1. The lowest BCUT2D eigenvalue weighted by molar-refractivity contribution is -0.873. The molecule has 12 N–H and O–H groups in total. The molecule has 0 bridgehead atoms. The fourth-order valence-corrected chi connectivity index (χ4v) is 8.54. The lowest BCUT2D eigenvalue weighted by atomic mass is 9.87. The van der Waals surface area contributed by atoms with E-state index in [1.165, 1.54) is 20.8 Å². The number of aliphatic hydroxyl groups is 3. The smallest absolute Gasteiger partial charge is 0.481 e. The molecule has 1 saturated heterocycles. The second kappa shape index (κ2) is 23.2. The molecule has 62 heavy (non-hydrogen) atoms. The van der Waals surface area contributed by atoms with Gasteiger partial charge in [-0.05, 0) is 0 Å². The number of thioether (sulfide) groups is 1. The number of fused-ring (bicyclic) bond motifs is 1. The number of phosphoric acid groups is 3. The number of aromatic nitrogens is 4. The fourth-order valence-electron chi connectivity index (χ4n) is 5.22. The Morgan fingerprint density at radius 3 is 2.23 bits per heavy atom. The number of carbonyl (C=O) groups excluding carboxylic acids is 3. The average molecular weight is 972 g/mol. The molecule has 0 aliphatic carbocycles. The van der Waals surface area contributed by atoms with Gasteiger partial charge in [-0.15, -0.1) is 0 Å². The number of nitrogen functional groups attached to an aromatic ring is 1. The third kappa shape index (κ3) is 19.4.